The van der Waals surface area contributed by atoms with Gasteiger partial charge in [0.05, 0.1) is 13.2 Å². The van der Waals surface area contributed by atoms with Crippen LogP contribution in [0.2, 0.25) is 0 Å². The monoisotopic (exact) mass is 706 g/mol. The maximum Gasteiger partial charge on any atom is 0.563 e. The summed E-state index contributed by atoms with van der Waals surface area (Å²) >= 11 is 0. The van der Waals surface area contributed by atoms with E-state index in [-0.39, 0.29) is 13.2 Å². The summed E-state index contributed by atoms with van der Waals surface area (Å²) in [5.74, 6) is -2.70. The van der Waals surface area contributed by atoms with Gasteiger partial charge in [-0.15, -0.1) is 0 Å². The van der Waals surface area contributed by atoms with Crippen LogP contribution in [0.5, 0.6) is 0 Å². The Balaban J connectivity index is 0.00000219. The first-order chi connectivity index (χ1) is 24.0. The zero-order valence-corrected chi connectivity index (χ0v) is 30.5. The summed E-state index contributed by atoms with van der Waals surface area (Å²) in [4.78, 5) is 51.6. The minimum Gasteiger partial charge on any atom is -0.432 e. The fraction of sp³-hybridized carbons (Fsp3) is 0.889. The van der Waals surface area contributed by atoms with Crippen molar-refractivity contribution in [2.75, 3.05) is 13.2 Å². The molecule has 0 aliphatic carbocycles. The van der Waals surface area contributed by atoms with Gasteiger partial charge in [-0.1, -0.05) is 181 Å². The van der Waals surface area contributed by atoms with Crippen molar-refractivity contribution in [2.45, 2.75) is 194 Å². The predicted octanol–water partition coefficient (Wildman–Crippen LogP) is 11.7. The molecular weight excluding hydrogens is 640 g/mol. The summed E-state index contributed by atoms with van der Waals surface area (Å²) < 4.78 is 27.5. The Labute approximate surface area is 292 Å². The van der Waals surface area contributed by atoms with E-state index in [0.29, 0.717) is 0 Å². The highest BCUT2D eigenvalue weighted by atomic mass is 17.4. The highest BCUT2D eigenvalue weighted by Crippen LogP contribution is 2.14. The molecule has 0 bridgehead atoms. The molecule has 0 aliphatic heterocycles. The Kier molecular flexibility index (Phi) is 35.3. The molecule has 0 atom stereocenters. The van der Waals surface area contributed by atoms with Gasteiger partial charge in [-0.25, -0.2) is 0 Å². The zero-order chi connectivity index (χ0) is 35.9. The number of carbonyl (C=O) groups excluding carboxylic acids is 2. The molecule has 0 unspecified atom stereocenters. The molecule has 0 amide bonds. The summed E-state index contributed by atoms with van der Waals surface area (Å²) in [6.45, 7) is 5.07. The quantitative estimate of drug-likeness (QED) is 0.0320. The Bertz CT molecular complexity index is 910. The highest BCUT2D eigenvalue weighted by Gasteiger charge is 2.11. The normalized spacial score (nSPS) is 10.6. The van der Waals surface area contributed by atoms with E-state index in [2.05, 4.69) is 46.7 Å². The topological polar surface area (TPSA) is 171 Å². The van der Waals surface area contributed by atoms with Crippen molar-refractivity contribution in [2.24, 2.45) is 0 Å². The Hall–Kier alpha value is -3.12. The van der Waals surface area contributed by atoms with Crippen molar-refractivity contribution >= 4 is 12.3 Å². The SMILES string of the molecule is CCCCCCCCCCCCCCCCOC(=O)OOC(=O)OCCCCCCCCCCCCCCCC.O=c1ooooc(=O)o1. The van der Waals surface area contributed by atoms with E-state index >= 15 is 0 Å². The lowest BCUT2D eigenvalue weighted by atomic mass is 10.0. The lowest BCUT2D eigenvalue weighted by molar-refractivity contribution is -0.301. The van der Waals surface area contributed by atoms with Crippen LogP contribution in [-0.2, 0) is 19.2 Å². The molecule has 13 nitrogen and oxygen atoms in total. The third kappa shape index (κ3) is 37.5. The average molecular weight is 707 g/mol. The zero-order valence-electron chi connectivity index (χ0n) is 30.5. The molecule has 1 rings (SSSR count). The molecular formula is C36H66O13. The fourth-order valence-electron chi connectivity index (χ4n) is 5.21. The van der Waals surface area contributed by atoms with Crippen LogP contribution >= 0.6 is 0 Å². The van der Waals surface area contributed by atoms with Crippen LogP contribution < -0.4 is 11.6 Å². The second-order valence-electron chi connectivity index (χ2n) is 12.5. The molecule has 1 heterocycles. The standard InChI is InChI=1S/C34H66O6.C2O7/c1-3-5-7-9-11-13-15-17-19-21-23-25-27-29-31-37-33(35)39-40-34(36)38-32-30-28-26-24-22-20-18-16-14-12-10-8-6-4-2;3-1-5-2(4)7-9-8-6-1/h3-32H2,1-2H3;. The molecule has 0 N–H and O–H groups in total. The van der Waals surface area contributed by atoms with Crippen molar-refractivity contribution in [3.05, 3.63) is 21.2 Å². The Morgan fingerprint density at radius 2 is 0.653 bits per heavy atom. The van der Waals surface area contributed by atoms with Crippen LogP contribution in [0.15, 0.2) is 32.6 Å². The van der Waals surface area contributed by atoms with E-state index in [1.807, 2.05) is 0 Å². The van der Waals surface area contributed by atoms with E-state index in [4.69, 9.17) is 9.47 Å². The molecule has 0 saturated carbocycles. The van der Waals surface area contributed by atoms with Gasteiger partial charge >= 0.3 is 24.0 Å². The van der Waals surface area contributed by atoms with E-state index in [1.165, 1.54) is 141 Å². The lowest BCUT2D eigenvalue weighted by Crippen LogP contribution is -2.14. The smallest absolute Gasteiger partial charge is 0.432 e. The highest BCUT2D eigenvalue weighted by molar-refractivity contribution is 5.63. The van der Waals surface area contributed by atoms with Crippen molar-refractivity contribution in [3.8, 4) is 0 Å². The second kappa shape index (κ2) is 37.7. The van der Waals surface area contributed by atoms with E-state index in [1.54, 1.807) is 0 Å². The largest absolute Gasteiger partial charge is 0.563 e. The number of carbonyl (C=O) groups is 2. The van der Waals surface area contributed by atoms with Crippen LogP contribution in [-0.4, -0.2) is 25.5 Å². The number of hydrogen-bond acceptors (Lipinski definition) is 13. The summed E-state index contributed by atoms with van der Waals surface area (Å²) in [7, 11) is 0. The van der Waals surface area contributed by atoms with E-state index in [9.17, 15) is 19.2 Å². The van der Waals surface area contributed by atoms with Gasteiger partial charge in [0.15, 0.2) is 0 Å². The first-order valence-electron chi connectivity index (χ1n) is 19.1. The van der Waals surface area contributed by atoms with E-state index in [0.717, 1.165) is 38.5 Å². The van der Waals surface area contributed by atoms with Gasteiger partial charge in [0.2, 0.25) is 0 Å². The first kappa shape index (κ1) is 45.9. The van der Waals surface area contributed by atoms with Crippen molar-refractivity contribution in [1.82, 2.24) is 0 Å². The van der Waals surface area contributed by atoms with Gasteiger partial charge in [-0.3, -0.25) is 0 Å². The second-order valence-corrected chi connectivity index (χ2v) is 12.5. The molecule has 1 aromatic rings. The molecule has 0 aromatic carbocycles. The van der Waals surface area contributed by atoms with Crippen molar-refractivity contribution in [1.29, 1.82) is 0 Å². The van der Waals surface area contributed by atoms with Gasteiger partial charge in [0, 0.05) is 0 Å². The molecule has 0 fully saturated rings. The molecule has 49 heavy (non-hydrogen) atoms. The number of rotatable bonds is 30. The summed E-state index contributed by atoms with van der Waals surface area (Å²) in [5.41, 5.74) is 0. The predicted molar refractivity (Wildman–Crippen MR) is 183 cm³/mol. The van der Waals surface area contributed by atoms with Crippen molar-refractivity contribution < 1.29 is 51.9 Å². The summed E-state index contributed by atoms with van der Waals surface area (Å²) in [6.07, 6.45) is 33.6. The summed E-state index contributed by atoms with van der Waals surface area (Å²) in [5, 5.41) is 0. The molecule has 1 aromatic heterocycles. The third-order valence-corrected chi connectivity index (χ3v) is 8.01. The Morgan fingerprint density at radius 3 is 0.918 bits per heavy atom. The van der Waals surface area contributed by atoms with Gasteiger partial charge < -0.3 is 13.9 Å². The molecule has 0 radical (unpaired) electrons. The maximum absolute atomic E-state index is 11.5. The van der Waals surface area contributed by atoms with E-state index < -0.39 is 24.0 Å². The lowest BCUT2D eigenvalue weighted by Gasteiger charge is -2.06. The number of ether oxygens (including phenoxy) is 2. The van der Waals surface area contributed by atoms with Gasteiger partial charge in [0.25, 0.3) is 0 Å². The minimum atomic E-state index is -1.35. The third-order valence-electron chi connectivity index (χ3n) is 8.01. The molecule has 13 heteroatoms. The molecule has 0 saturated heterocycles. The fourth-order valence-corrected chi connectivity index (χ4v) is 5.21. The minimum absolute atomic E-state index is 0.272. The first-order valence-corrected chi connectivity index (χ1v) is 19.1. The van der Waals surface area contributed by atoms with Crippen LogP contribution in [0.3, 0.4) is 0 Å². The van der Waals surface area contributed by atoms with Crippen LogP contribution in [0, 0.1) is 0 Å². The van der Waals surface area contributed by atoms with Crippen LogP contribution in [0.25, 0.3) is 0 Å². The molecule has 288 valence electrons. The van der Waals surface area contributed by atoms with Crippen LogP contribution in [0.4, 0.5) is 9.59 Å². The van der Waals surface area contributed by atoms with Gasteiger partial charge in [-0.05, 0) is 22.3 Å². The molecule has 0 aliphatic rings. The van der Waals surface area contributed by atoms with Crippen LogP contribution in [0.1, 0.15) is 194 Å². The van der Waals surface area contributed by atoms with Gasteiger partial charge in [0.1, 0.15) is 0 Å². The summed E-state index contributed by atoms with van der Waals surface area (Å²) in [6, 6.07) is 0. The average Bonchev–Trinajstić information content (AvgIpc) is 3.29. The number of hydrogen-bond donors (Lipinski definition) is 0. The maximum atomic E-state index is 11.5. The van der Waals surface area contributed by atoms with Gasteiger partial charge in [-0.2, -0.15) is 38.1 Å². The number of unbranched alkanes of at least 4 members (excludes halogenated alkanes) is 26. The molecule has 0 spiro atoms. The Morgan fingerprint density at radius 1 is 0.408 bits per heavy atom. The van der Waals surface area contributed by atoms with Crippen molar-refractivity contribution in [3.63, 3.8) is 0 Å².